The third-order valence-corrected chi connectivity index (χ3v) is 5.88. The van der Waals surface area contributed by atoms with Crippen molar-refractivity contribution in [3.05, 3.63) is 58.1 Å². The number of benzene rings is 2. The van der Waals surface area contributed by atoms with Crippen LogP contribution in [0.15, 0.2) is 36.4 Å². The molecule has 2 heterocycles. The van der Waals surface area contributed by atoms with Gasteiger partial charge in [0.1, 0.15) is 18.0 Å². The van der Waals surface area contributed by atoms with Crippen molar-refractivity contribution >= 4 is 23.4 Å². The summed E-state index contributed by atoms with van der Waals surface area (Å²) in [7, 11) is 0. The Bertz CT molecular complexity index is 939. The lowest BCUT2D eigenvalue weighted by Crippen LogP contribution is -2.38. The van der Waals surface area contributed by atoms with E-state index in [-0.39, 0.29) is 6.09 Å². The second-order valence-corrected chi connectivity index (χ2v) is 9.32. The van der Waals surface area contributed by atoms with E-state index in [1.54, 1.807) is 0 Å². The number of hydrogen-bond acceptors (Lipinski definition) is 4. The number of anilines is 1. The van der Waals surface area contributed by atoms with Crippen LogP contribution in [0.25, 0.3) is 0 Å². The van der Waals surface area contributed by atoms with Gasteiger partial charge in [-0.3, -0.25) is 0 Å². The molecule has 0 aromatic heterocycles. The fourth-order valence-electron chi connectivity index (χ4n) is 4.00. The molecule has 2 aromatic carbocycles. The molecule has 0 bridgehead atoms. The maximum Gasteiger partial charge on any atom is 0.410 e. The molecule has 6 heteroatoms. The zero-order valence-corrected chi connectivity index (χ0v) is 18.7. The highest BCUT2D eigenvalue weighted by molar-refractivity contribution is 6.31. The van der Waals surface area contributed by atoms with E-state index in [2.05, 4.69) is 23.1 Å². The zero-order valence-electron chi connectivity index (χ0n) is 17.9. The van der Waals surface area contributed by atoms with Crippen LogP contribution in [-0.2, 0) is 24.1 Å². The molecule has 2 aliphatic rings. The summed E-state index contributed by atoms with van der Waals surface area (Å²) in [5.41, 5.74) is 4.25. The Hall–Kier alpha value is -2.40. The van der Waals surface area contributed by atoms with Gasteiger partial charge in [-0.15, -0.1) is 0 Å². The molecule has 30 heavy (non-hydrogen) atoms. The highest BCUT2D eigenvalue weighted by atomic mass is 35.5. The summed E-state index contributed by atoms with van der Waals surface area (Å²) in [6.07, 6.45) is 1.37. The molecule has 0 N–H and O–H groups in total. The minimum atomic E-state index is -0.484. The lowest BCUT2D eigenvalue weighted by Gasteiger charge is -2.32. The van der Waals surface area contributed by atoms with Crippen molar-refractivity contribution in [3.8, 4) is 5.75 Å². The SMILES string of the molecule is CC(C)(C)OC(=O)N1CCc2cc3c(cc2CC1)N(Cc1ccccc1Cl)CCO3. The van der Waals surface area contributed by atoms with Crippen LogP contribution in [0.3, 0.4) is 0 Å². The molecule has 4 rings (SSSR count). The van der Waals surface area contributed by atoms with Crippen LogP contribution in [0.4, 0.5) is 10.5 Å². The van der Waals surface area contributed by atoms with Crippen LogP contribution < -0.4 is 9.64 Å². The van der Waals surface area contributed by atoms with Gasteiger partial charge in [-0.2, -0.15) is 0 Å². The van der Waals surface area contributed by atoms with Gasteiger partial charge in [-0.05, 0) is 68.5 Å². The van der Waals surface area contributed by atoms with E-state index in [4.69, 9.17) is 21.1 Å². The summed E-state index contributed by atoms with van der Waals surface area (Å²) in [5.74, 6) is 0.915. The van der Waals surface area contributed by atoms with Crippen molar-refractivity contribution in [3.63, 3.8) is 0 Å². The first-order valence-electron chi connectivity index (χ1n) is 10.5. The fraction of sp³-hybridized carbons (Fsp3) is 0.458. The summed E-state index contributed by atoms with van der Waals surface area (Å²) in [5, 5.41) is 0.785. The summed E-state index contributed by atoms with van der Waals surface area (Å²) >= 11 is 6.39. The number of fused-ring (bicyclic) bond motifs is 2. The Morgan fingerprint density at radius 3 is 2.50 bits per heavy atom. The Labute approximate surface area is 183 Å². The molecular weight excluding hydrogens is 400 g/mol. The minimum absolute atomic E-state index is 0.239. The largest absolute Gasteiger partial charge is 0.490 e. The van der Waals surface area contributed by atoms with E-state index in [9.17, 15) is 4.79 Å². The van der Waals surface area contributed by atoms with Crippen LogP contribution in [0.2, 0.25) is 5.02 Å². The number of rotatable bonds is 2. The number of nitrogens with zero attached hydrogens (tertiary/aromatic N) is 2. The molecular formula is C24H29ClN2O3. The number of carbonyl (C=O) groups excluding carboxylic acids is 1. The van der Waals surface area contributed by atoms with Gasteiger partial charge in [0, 0.05) is 24.7 Å². The molecule has 0 saturated heterocycles. The lowest BCUT2D eigenvalue weighted by molar-refractivity contribution is 0.0258. The average molecular weight is 429 g/mol. The first-order chi connectivity index (χ1) is 14.3. The fourth-order valence-corrected chi connectivity index (χ4v) is 4.19. The van der Waals surface area contributed by atoms with E-state index < -0.39 is 5.60 Å². The lowest BCUT2D eigenvalue weighted by atomic mass is 10.00. The molecule has 0 unspecified atom stereocenters. The van der Waals surface area contributed by atoms with E-state index in [0.717, 1.165) is 48.0 Å². The second-order valence-electron chi connectivity index (χ2n) is 8.92. The molecule has 2 aliphatic heterocycles. The van der Waals surface area contributed by atoms with Crippen molar-refractivity contribution < 1.29 is 14.3 Å². The highest BCUT2D eigenvalue weighted by Crippen LogP contribution is 2.37. The molecule has 1 amide bonds. The molecule has 160 valence electrons. The van der Waals surface area contributed by atoms with E-state index in [1.165, 1.54) is 11.1 Å². The summed E-state index contributed by atoms with van der Waals surface area (Å²) in [6.45, 7) is 9.24. The van der Waals surface area contributed by atoms with Gasteiger partial charge in [-0.1, -0.05) is 29.8 Å². The zero-order chi connectivity index (χ0) is 21.3. The summed E-state index contributed by atoms with van der Waals surface area (Å²) < 4.78 is 11.6. The Balaban J connectivity index is 1.54. The van der Waals surface area contributed by atoms with Gasteiger partial charge in [0.2, 0.25) is 0 Å². The molecule has 0 aliphatic carbocycles. The van der Waals surface area contributed by atoms with Crippen molar-refractivity contribution in [2.75, 3.05) is 31.1 Å². The van der Waals surface area contributed by atoms with Crippen LogP contribution in [-0.4, -0.2) is 42.8 Å². The van der Waals surface area contributed by atoms with Crippen LogP contribution >= 0.6 is 11.6 Å². The predicted octanol–water partition coefficient (Wildman–Crippen LogP) is 5.07. The second kappa shape index (κ2) is 8.38. The molecule has 2 aromatic rings. The summed E-state index contributed by atoms with van der Waals surface area (Å²) in [6, 6.07) is 12.4. The van der Waals surface area contributed by atoms with Crippen molar-refractivity contribution in [2.45, 2.75) is 45.8 Å². The topological polar surface area (TPSA) is 42.0 Å². The smallest absolute Gasteiger partial charge is 0.410 e. The summed E-state index contributed by atoms with van der Waals surface area (Å²) in [4.78, 5) is 16.7. The van der Waals surface area contributed by atoms with Crippen molar-refractivity contribution in [1.82, 2.24) is 4.90 Å². The van der Waals surface area contributed by atoms with Crippen molar-refractivity contribution in [1.29, 1.82) is 0 Å². The van der Waals surface area contributed by atoms with Gasteiger partial charge < -0.3 is 19.3 Å². The molecule has 0 saturated carbocycles. The monoisotopic (exact) mass is 428 g/mol. The maximum atomic E-state index is 12.5. The number of ether oxygens (including phenoxy) is 2. The third-order valence-electron chi connectivity index (χ3n) is 5.51. The van der Waals surface area contributed by atoms with E-state index in [0.29, 0.717) is 19.7 Å². The van der Waals surface area contributed by atoms with Gasteiger partial charge in [-0.25, -0.2) is 4.79 Å². The van der Waals surface area contributed by atoms with E-state index in [1.807, 2.05) is 43.9 Å². The van der Waals surface area contributed by atoms with Gasteiger partial charge in [0.05, 0.1) is 12.2 Å². The van der Waals surface area contributed by atoms with Crippen LogP contribution in [0.5, 0.6) is 5.75 Å². The number of amides is 1. The standard InChI is InChI=1S/C24H29ClN2O3/c1-24(2,3)30-23(28)26-10-8-17-14-21-22(15-18(17)9-11-26)29-13-12-27(21)16-19-6-4-5-7-20(19)25/h4-7,14-15H,8-13,16H2,1-3H3. The average Bonchev–Trinajstić information content (AvgIpc) is 2.89. The van der Waals surface area contributed by atoms with Crippen molar-refractivity contribution in [2.24, 2.45) is 0 Å². The predicted molar refractivity (Wildman–Crippen MR) is 120 cm³/mol. The number of halogens is 1. The molecule has 0 atom stereocenters. The molecule has 0 fully saturated rings. The minimum Gasteiger partial charge on any atom is -0.490 e. The first-order valence-corrected chi connectivity index (χ1v) is 10.9. The number of hydrogen-bond donors (Lipinski definition) is 0. The molecule has 0 radical (unpaired) electrons. The van der Waals surface area contributed by atoms with E-state index >= 15 is 0 Å². The molecule has 0 spiro atoms. The third kappa shape index (κ3) is 4.67. The normalized spacial score (nSPS) is 16.3. The number of carbonyl (C=O) groups is 1. The first kappa shape index (κ1) is 20.9. The Morgan fingerprint density at radius 1 is 1.10 bits per heavy atom. The van der Waals surface area contributed by atoms with Crippen LogP contribution in [0.1, 0.15) is 37.5 Å². The Kier molecular flexibility index (Phi) is 5.83. The highest BCUT2D eigenvalue weighted by Gasteiger charge is 2.26. The van der Waals surface area contributed by atoms with Crippen LogP contribution in [0, 0.1) is 0 Å². The van der Waals surface area contributed by atoms with Gasteiger partial charge in [0.25, 0.3) is 0 Å². The Morgan fingerprint density at radius 2 is 1.80 bits per heavy atom. The van der Waals surface area contributed by atoms with Gasteiger partial charge >= 0.3 is 6.09 Å². The van der Waals surface area contributed by atoms with Gasteiger partial charge in [0.15, 0.2) is 0 Å². The molecule has 5 nitrogen and oxygen atoms in total. The quantitative estimate of drug-likeness (QED) is 0.669. The maximum absolute atomic E-state index is 12.5.